The zero-order valence-corrected chi connectivity index (χ0v) is 6.11. The summed E-state index contributed by atoms with van der Waals surface area (Å²) in [5.74, 6) is 0. The summed E-state index contributed by atoms with van der Waals surface area (Å²) in [7, 11) is -2.93. The molecule has 9 heavy (non-hydrogen) atoms. The van der Waals surface area contributed by atoms with E-state index in [0.29, 0.717) is 13.1 Å². The lowest BCUT2D eigenvalue weighted by Crippen LogP contribution is -2.43. The SMILES string of the molecule is C=C1CN(S(C)(=O)=O)C1. The predicted octanol–water partition coefficient (Wildman–Crippen LogP) is -0.182. The fourth-order valence-corrected chi connectivity index (χ4v) is 1.52. The molecule has 0 amide bonds. The Kier molecular flexibility index (Phi) is 1.36. The van der Waals surface area contributed by atoms with Crippen molar-refractivity contribution < 1.29 is 8.42 Å². The zero-order valence-electron chi connectivity index (χ0n) is 5.29. The standard InChI is InChI=1S/C5H9NO2S/c1-5-3-6(4-5)9(2,7)8/h1,3-4H2,2H3. The van der Waals surface area contributed by atoms with Gasteiger partial charge in [0.25, 0.3) is 0 Å². The zero-order chi connectivity index (χ0) is 7.07. The fraction of sp³-hybridized carbons (Fsp3) is 0.600. The van der Waals surface area contributed by atoms with Crippen molar-refractivity contribution >= 4 is 10.0 Å². The molecule has 0 unspecified atom stereocenters. The van der Waals surface area contributed by atoms with E-state index in [1.54, 1.807) is 0 Å². The van der Waals surface area contributed by atoms with Gasteiger partial charge >= 0.3 is 0 Å². The second-order valence-corrected chi connectivity index (χ2v) is 4.26. The van der Waals surface area contributed by atoms with Gasteiger partial charge in [0.05, 0.1) is 6.26 Å². The average Bonchev–Trinajstić information content (AvgIpc) is 1.55. The highest BCUT2D eigenvalue weighted by Crippen LogP contribution is 2.14. The van der Waals surface area contributed by atoms with Crippen LogP contribution in [0.5, 0.6) is 0 Å². The summed E-state index contributed by atoms with van der Waals surface area (Å²) in [4.78, 5) is 0. The van der Waals surface area contributed by atoms with Gasteiger partial charge in [-0.2, -0.15) is 4.31 Å². The van der Waals surface area contributed by atoms with Crippen molar-refractivity contribution in [1.29, 1.82) is 0 Å². The summed E-state index contributed by atoms with van der Waals surface area (Å²) < 4.78 is 22.7. The molecule has 0 atom stereocenters. The van der Waals surface area contributed by atoms with Crippen LogP contribution in [0.15, 0.2) is 12.2 Å². The minimum atomic E-state index is -2.93. The lowest BCUT2D eigenvalue weighted by Gasteiger charge is -2.30. The third kappa shape index (κ3) is 1.31. The molecule has 1 fully saturated rings. The Labute approximate surface area is 55.0 Å². The van der Waals surface area contributed by atoms with Crippen LogP contribution in [0.2, 0.25) is 0 Å². The van der Waals surface area contributed by atoms with Gasteiger partial charge in [0.15, 0.2) is 0 Å². The Bertz CT molecular complexity index is 221. The van der Waals surface area contributed by atoms with Gasteiger partial charge < -0.3 is 0 Å². The van der Waals surface area contributed by atoms with Gasteiger partial charge in [0, 0.05) is 13.1 Å². The maximum Gasteiger partial charge on any atom is 0.211 e. The number of hydrogen-bond donors (Lipinski definition) is 0. The minimum absolute atomic E-state index is 0.513. The Morgan fingerprint density at radius 1 is 1.56 bits per heavy atom. The lowest BCUT2D eigenvalue weighted by atomic mass is 10.2. The van der Waals surface area contributed by atoms with Crippen LogP contribution in [0.3, 0.4) is 0 Å². The molecule has 0 aromatic rings. The van der Waals surface area contributed by atoms with Crippen molar-refractivity contribution in [3.8, 4) is 0 Å². The summed E-state index contributed by atoms with van der Waals surface area (Å²) in [5.41, 5.74) is 0.987. The van der Waals surface area contributed by atoms with Gasteiger partial charge in [-0.1, -0.05) is 6.58 Å². The summed E-state index contributed by atoms with van der Waals surface area (Å²) in [6.45, 7) is 4.64. The first-order chi connectivity index (χ1) is 4.00. The molecule has 0 saturated carbocycles. The third-order valence-corrected chi connectivity index (χ3v) is 2.47. The second kappa shape index (κ2) is 1.82. The number of hydrogen-bond acceptors (Lipinski definition) is 2. The van der Waals surface area contributed by atoms with Gasteiger partial charge in [-0.25, -0.2) is 8.42 Å². The monoisotopic (exact) mass is 147 g/mol. The third-order valence-electron chi connectivity index (χ3n) is 1.27. The molecule has 0 aromatic heterocycles. The summed E-state index contributed by atoms with van der Waals surface area (Å²) in [6, 6.07) is 0. The van der Waals surface area contributed by atoms with E-state index in [9.17, 15) is 8.42 Å². The van der Waals surface area contributed by atoms with Gasteiger partial charge in [-0.3, -0.25) is 0 Å². The maximum absolute atomic E-state index is 10.6. The van der Waals surface area contributed by atoms with E-state index in [2.05, 4.69) is 6.58 Å². The van der Waals surface area contributed by atoms with Gasteiger partial charge in [0.2, 0.25) is 10.0 Å². The summed E-state index contributed by atoms with van der Waals surface area (Å²) >= 11 is 0. The van der Waals surface area contributed by atoms with Gasteiger partial charge in [-0.15, -0.1) is 0 Å². The Morgan fingerprint density at radius 3 is 2.11 bits per heavy atom. The van der Waals surface area contributed by atoms with Crippen LogP contribution in [-0.2, 0) is 10.0 Å². The Balaban J connectivity index is 2.61. The molecule has 0 spiro atoms. The molecule has 1 heterocycles. The molecule has 3 nitrogen and oxygen atoms in total. The quantitative estimate of drug-likeness (QED) is 0.482. The summed E-state index contributed by atoms with van der Waals surface area (Å²) in [6.07, 6.45) is 1.21. The number of sulfonamides is 1. The van der Waals surface area contributed by atoms with E-state index >= 15 is 0 Å². The van der Waals surface area contributed by atoms with Crippen LogP contribution < -0.4 is 0 Å². The molecule has 1 aliphatic heterocycles. The molecular weight excluding hydrogens is 138 g/mol. The van der Waals surface area contributed by atoms with Crippen molar-refractivity contribution in [2.45, 2.75) is 0 Å². The largest absolute Gasteiger partial charge is 0.212 e. The van der Waals surface area contributed by atoms with E-state index in [1.165, 1.54) is 10.6 Å². The Hall–Kier alpha value is -0.350. The number of nitrogens with zero attached hydrogens (tertiary/aromatic N) is 1. The molecule has 1 rings (SSSR count). The smallest absolute Gasteiger partial charge is 0.211 e. The van der Waals surface area contributed by atoms with Crippen molar-refractivity contribution in [3.63, 3.8) is 0 Å². The number of rotatable bonds is 1. The van der Waals surface area contributed by atoms with E-state index in [1.807, 2.05) is 0 Å². The van der Waals surface area contributed by atoms with Crippen molar-refractivity contribution in [2.75, 3.05) is 19.3 Å². The van der Waals surface area contributed by atoms with Crippen LogP contribution >= 0.6 is 0 Å². The molecule has 52 valence electrons. The predicted molar refractivity (Wildman–Crippen MR) is 35.6 cm³/mol. The average molecular weight is 147 g/mol. The molecule has 0 radical (unpaired) electrons. The van der Waals surface area contributed by atoms with E-state index in [-0.39, 0.29) is 0 Å². The van der Waals surface area contributed by atoms with E-state index in [4.69, 9.17) is 0 Å². The van der Waals surface area contributed by atoms with E-state index < -0.39 is 10.0 Å². The first kappa shape index (κ1) is 6.77. The van der Waals surface area contributed by atoms with E-state index in [0.717, 1.165) is 5.57 Å². The topological polar surface area (TPSA) is 37.4 Å². The maximum atomic E-state index is 10.6. The molecule has 1 saturated heterocycles. The second-order valence-electron chi connectivity index (χ2n) is 2.28. The minimum Gasteiger partial charge on any atom is -0.212 e. The highest BCUT2D eigenvalue weighted by atomic mass is 32.2. The van der Waals surface area contributed by atoms with Crippen LogP contribution in [0.1, 0.15) is 0 Å². The van der Waals surface area contributed by atoms with Crippen LogP contribution in [0.4, 0.5) is 0 Å². The first-order valence-corrected chi connectivity index (χ1v) is 4.47. The molecule has 0 bridgehead atoms. The highest BCUT2D eigenvalue weighted by Gasteiger charge is 2.25. The molecule has 0 aromatic carbocycles. The lowest BCUT2D eigenvalue weighted by molar-refractivity contribution is 0.396. The molecule has 0 aliphatic carbocycles. The molecule has 0 N–H and O–H groups in total. The first-order valence-electron chi connectivity index (χ1n) is 2.62. The summed E-state index contributed by atoms with van der Waals surface area (Å²) in [5, 5.41) is 0. The van der Waals surface area contributed by atoms with Crippen molar-refractivity contribution in [2.24, 2.45) is 0 Å². The molecule has 1 aliphatic rings. The molecule has 4 heteroatoms. The molecular formula is C5H9NO2S. The fourth-order valence-electron chi connectivity index (χ4n) is 0.687. The van der Waals surface area contributed by atoms with Crippen LogP contribution in [0, 0.1) is 0 Å². The van der Waals surface area contributed by atoms with Crippen LogP contribution in [-0.4, -0.2) is 32.1 Å². The normalized spacial score (nSPS) is 21.7. The van der Waals surface area contributed by atoms with Crippen LogP contribution in [0.25, 0.3) is 0 Å². The van der Waals surface area contributed by atoms with Crippen molar-refractivity contribution in [3.05, 3.63) is 12.2 Å². The Morgan fingerprint density at radius 2 is 2.00 bits per heavy atom. The van der Waals surface area contributed by atoms with Crippen molar-refractivity contribution in [1.82, 2.24) is 4.31 Å². The van der Waals surface area contributed by atoms with Gasteiger partial charge in [0.1, 0.15) is 0 Å². The highest BCUT2D eigenvalue weighted by molar-refractivity contribution is 7.88. The van der Waals surface area contributed by atoms with Gasteiger partial charge in [-0.05, 0) is 5.57 Å².